The minimum absolute atomic E-state index is 0.114. The van der Waals surface area contributed by atoms with Gasteiger partial charge in [0.05, 0.1) is 5.41 Å². The highest BCUT2D eigenvalue weighted by Crippen LogP contribution is 2.64. The molecule has 9 aromatic rings. The van der Waals surface area contributed by atoms with Crippen molar-refractivity contribution >= 4 is 17.1 Å². The summed E-state index contributed by atoms with van der Waals surface area (Å²) in [4.78, 5) is 2.55. The lowest BCUT2D eigenvalue weighted by Gasteiger charge is -2.32. The fourth-order valence-corrected chi connectivity index (χ4v) is 14.2. The molecule has 0 aromatic heterocycles. The van der Waals surface area contributed by atoms with Crippen LogP contribution in [0.5, 0.6) is 0 Å². The Bertz CT molecular complexity index is 3490. The van der Waals surface area contributed by atoms with Crippen molar-refractivity contribution in [3.63, 3.8) is 0 Å². The number of nitrogens with zero attached hydrogens (tertiary/aromatic N) is 1. The maximum absolute atomic E-state index is 2.55. The molecule has 0 N–H and O–H groups in total. The Kier molecular flexibility index (Phi) is 8.45. The molecular weight excluding hydrogens is 819 g/mol. The predicted octanol–water partition coefficient (Wildman–Crippen LogP) is 17.8. The molecule has 1 heteroatoms. The van der Waals surface area contributed by atoms with E-state index in [4.69, 9.17) is 0 Å². The molecule has 0 heterocycles. The number of anilines is 3. The van der Waals surface area contributed by atoms with Gasteiger partial charge in [0.25, 0.3) is 0 Å². The van der Waals surface area contributed by atoms with Crippen LogP contribution in [0.4, 0.5) is 17.1 Å². The van der Waals surface area contributed by atoms with Crippen LogP contribution >= 0.6 is 0 Å². The summed E-state index contributed by atoms with van der Waals surface area (Å²) in [7, 11) is 0. The maximum Gasteiger partial charge on any atom is 0.0726 e. The quantitative estimate of drug-likeness (QED) is 0.167. The molecule has 0 unspecified atom stereocenters. The second kappa shape index (κ2) is 14.4. The number of benzene rings is 9. The van der Waals surface area contributed by atoms with Gasteiger partial charge in [-0.25, -0.2) is 0 Å². The van der Waals surface area contributed by atoms with E-state index >= 15 is 0 Å². The van der Waals surface area contributed by atoms with E-state index in [1.165, 1.54) is 155 Å². The van der Waals surface area contributed by atoms with Crippen LogP contribution < -0.4 is 4.90 Å². The average Bonchev–Trinajstić information content (AvgIpc) is 4.02. The molecule has 5 aliphatic carbocycles. The molecule has 0 atom stereocenters. The van der Waals surface area contributed by atoms with Crippen LogP contribution in [0.2, 0.25) is 0 Å². The van der Waals surface area contributed by atoms with Crippen molar-refractivity contribution in [3.8, 4) is 55.6 Å². The lowest BCUT2D eigenvalue weighted by atomic mass is 9.70. The van der Waals surface area contributed by atoms with Crippen molar-refractivity contribution in [1.82, 2.24) is 0 Å². The smallest absolute Gasteiger partial charge is 0.0726 e. The monoisotopic (exact) mass is 873 g/mol. The zero-order valence-electron chi connectivity index (χ0n) is 39.5. The Morgan fingerprint density at radius 3 is 1.40 bits per heavy atom. The SMILES string of the molecule is CC1(C)c2cc(N(c3ccc(C4CCCCC4)cc3)c3ccc4c(c3)C3(c5ccccc5-c5ccccc53)c3ccccc3-4)ccc2-c2c(-c3cccc4c3C(C)(C)c3ccccc3-4)cccc21. The van der Waals surface area contributed by atoms with Crippen molar-refractivity contribution in [2.24, 2.45) is 0 Å². The summed E-state index contributed by atoms with van der Waals surface area (Å²) < 4.78 is 0. The summed E-state index contributed by atoms with van der Waals surface area (Å²) in [5.41, 5.74) is 28.8. The van der Waals surface area contributed by atoms with Crippen molar-refractivity contribution in [2.75, 3.05) is 4.90 Å². The first-order valence-corrected chi connectivity index (χ1v) is 25.1. The minimum atomic E-state index is -0.419. The average molecular weight is 874 g/mol. The van der Waals surface area contributed by atoms with Crippen molar-refractivity contribution in [2.45, 2.75) is 82.0 Å². The number of rotatable bonds is 5. The van der Waals surface area contributed by atoms with Crippen molar-refractivity contribution in [1.29, 1.82) is 0 Å². The fourth-order valence-electron chi connectivity index (χ4n) is 14.2. The van der Waals surface area contributed by atoms with Crippen LogP contribution in [-0.4, -0.2) is 0 Å². The van der Waals surface area contributed by atoms with E-state index in [0.29, 0.717) is 5.92 Å². The maximum atomic E-state index is 2.55. The summed E-state index contributed by atoms with van der Waals surface area (Å²) in [6.45, 7) is 9.70. The zero-order valence-corrected chi connectivity index (χ0v) is 39.5. The van der Waals surface area contributed by atoms with Crippen LogP contribution in [0.25, 0.3) is 55.6 Å². The first-order chi connectivity index (χ1) is 33.3. The van der Waals surface area contributed by atoms with E-state index in [1.807, 2.05) is 0 Å². The first-order valence-electron chi connectivity index (χ1n) is 25.1. The largest absolute Gasteiger partial charge is 0.310 e. The standard InChI is InChI=1S/C67H55N/c1-65(2)60-31-17-24-52(54-26-16-25-53-50-23-8-12-27-56(50)66(3,4)64(53)54)63(60)55-39-37-45(40-61(55)65)68(44-34-32-43(33-35-44)42-18-6-5-7-19-42)46-36-38-51-49-22-11-15-30-59(49)67(62(51)41-46)57-28-13-9-20-47(57)48-21-10-14-29-58(48)67/h8-17,20-42H,5-7,18-19H2,1-4H3. The Labute approximate surface area is 401 Å². The highest BCUT2D eigenvalue weighted by atomic mass is 15.1. The molecule has 0 aliphatic heterocycles. The molecular formula is C67H55N. The van der Waals surface area contributed by atoms with Crippen LogP contribution in [-0.2, 0) is 16.2 Å². The second-order valence-corrected chi connectivity index (χ2v) is 21.4. The normalized spacial score (nSPS) is 16.8. The van der Waals surface area contributed by atoms with Gasteiger partial charge in [-0.2, -0.15) is 0 Å². The molecule has 0 radical (unpaired) electrons. The molecule has 1 saturated carbocycles. The predicted molar refractivity (Wildman–Crippen MR) is 284 cm³/mol. The summed E-state index contributed by atoms with van der Waals surface area (Å²) in [6, 6.07) is 74.9. The number of hydrogen-bond acceptors (Lipinski definition) is 1. The third-order valence-corrected chi connectivity index (χ3v) is 17.3. The minimum Gasteiger partial charge on any atom is -0.310 e. The lowest BCUT2D eigenvalue weighted by molar-refractivity contribution is 0.443. The van der Waals surface area contributed by atoms with Crippen molar-refractivity contribution < 1.29 is 0 Å². The van der Waals surface area contributed by atoms with Gasteiger partial charge in [-0.05, 0) is 161 Å². The second-order valence-electron chi connectivity index (χ2n) is 21.4. The molecule has 14 rings (SSSR count). The van der Waals surface area contributed by atoms with E-state index < -0.39 is 5.41 Å². The topological polar surface area (TPSA) is 3.24 Å². The van der Waals surface area contributed by atoms with E-state index in [2.05, 4.69) is 227 Å². The molecule has 68 heavy (non-hydrogen) atoms. The van der Waals surface area contributed by atoms with Gasteiger partial charge in [0.2, 0.25) is 0 Å². The van der Waals surface area contributed by atoms with Gasteiger partial charge in [0, 0.05) is 27.9 Å². The van der Waals surface area contributed by atoms with Gasteiger partial charge in [0.15, 0.2) is 0 Å². The summed E-state index contributed by atoms with van der Waals surface area (Å²) in [6.07, 6.45) is 6.60. The van der Waals surface area contributed by atoms with Gasteiger partial charge in [-0.1, -0.05) is 205 Å². The lowest BCUT2D eigenvalue weighted by Crippen LogP contribution is -2.26. The number of fused-ring (bicyclic) bond motifs is 16. The molecule has 328 valence electrons. The van der Waals surface area contributed by atoms with Gasteiger partial charge < -0.3 is 4.90 Å². The Balaban J connectivity index is 0.961. The Morgan fingerprint density at radius 1 is 0.338 bits per heavy atom. The first kappa shape index (κ1) is 39.9. The molecule has 1 nitrogen and oxygen atoms in total. The van der Waals surface area contributed by atoms with Crippen LogP contribution in [0, 0.1) is 0 Å². The molecule has 5 aliphatic rings. The van der Waals surface area contributed by atoms with Crippen LogP contribution in [0.3, 0.4) is 0 Å². The van der Waals surface area contributed by atoms with Crippen LogP contribution in [0.1, 0.15) is 116 Å². The summed E-state index contributed by atoms with van der Waals surface area (Å²) >= 11 is 0. The fraction of sp³-hybridized carbons (Fsp3) is 0.194. The van der Waals surface area contributed by atoms with Gasteiger partial charge >= 0.3 is 0 Å². The summed E-state index contributed by atoms with van der Waals surface area (Å²) in [5, 5.41) is 0. The van der Waals surface area contributed by atoms with E-state index in [9.17, 15) is 0 Å². The molecule has 1 fully saturated rings. The molecule has 9 aromatic carbocycles. The van der Waals surface area contributed by atoms with Crippen LogP contribution in [0.15, 0.2) is 194 Å². The number of hydrogen-bond donors (Lipinski definition) is 0. The third kappa shape index (κ3) is 5.28. The Morgan fingerprint density at radius 2 is 0.779 bits per heavy atom. The van der Waals surface area contributed by atoms with Gasteiger partial charge in [-0.3, -0.25) is 0 Å². The highest BCUT2D eigenvalue weighted by molar-refractivity contribution is 5.99. The van der Waals surface area contributed by atoms with E-state index in [1.54, 1.807) is 0 Å². The zero-order chi connectivity index (χ0) is 45.5. The van der Waals surface area contributed by atoms with E-state index in [0.717, 1.165) is 0 Å². The third-order valence-electron chi connectivity index (χ3n) is 17.3. The molecule has 1 spiro atoms. The molecule has 0 saturated heterocycles. The summed E-state index contributed by atoms with van der Waals surface area (Å²) in [5.74, 6) is 0.645. The van der Waals surface area contributed by atoms with E-state index in [-0.39, 0.29) is 10.8 Å². The van der Waals surface area contributed by atoms with Gasteiger partial charge in [0.1, 0.15) is 0 Å². The van der Waals surface area contributed by atoms with Crippen molar-refractivity contribution in [3.05, 3.63) is 244 Å². The molecule has 0 bridgehead atoms. The molecule has 0 amide bonds. The highest BCUT2D eigenvalue weighted by Gasteiger charge is 2.52. The Hall–Kier alpha value is -7.22. The van der Waals surface area contributed by atoms with Gasteiger partial charge in [-0.15, -0.1) is 0 Å².